The molecule has 0 aromatic heterocycles. The molecule has 0 radical (unpaired) electrons. The van der Waals surface area contributed by atoms with Crippen molar-refractivity contribution < 1.29 is 4.79 Å². The van der Waals surface area contributed by atoms with E-state index in [1.54, 1.807) is 19.0 Å². The van der Waals surface area contributed by atoms with E-state index in [1.165, 1.54) is 5.39 Å². The molecule has 0 N–H and O–H groups in total. The van der Waals surface area contributed by atoms with E-state index in [2.05, 4.69) is 12.1 Å². The van der Waals surface area contributed by atoms with E-state index in [1.807, 2.05) is 42.5 Å². The second kappa shape index (κ2) is 4.39. The first-order chi connectivity index (χ1) is 9.18. The van der Waals surface area contributed by atoms with Crippen LogP contribution in [0.2, 0.25) is 0 Å². The number of hydrogen-bond donors (Lipinski definition) is 0. The number of rotatable bonds is 1. The zero-order valence-electron chi connectivity index (χ0n) is 11.1. The molecule has 1 amide bonds. The molecule has 3 aromatic carbocycles. The summed E-state index contributed by atoms with van der Waals surface area (Å²) < 4.78 is 0. The number of benzene rings is 3. The summed E-state index contributed by atoms with van der Waals surface area (Å²) in [5.41, 5.74) is 0.763. The Labute approximate surface area is 112 Å². The van der Waals surface area contributed by atoms with Crippen molar-refractivity contribution in [1.29, 1.82) is 0 Å². The number of hydrogen-bond acceptors (Lipinski definition) is 1. The van der Waals surface area contributed by atoms with E-state index in [9.17, 15) is 4.79 Å². The molecule has 0 aliphatic heterocycles. The molecule has 0 atom stereocenters. The Hall–Kier alpha value is -2.35. The molecular formula is C17H15NO. The van der Waals surface area contributed by atoms with Crippen molar-refractivity contribution in [3.05, 3.63) is 60.2 Å². The molecule has 3 rings (SSSR count). The van der Waals surface area contributed by atoms with Gasteiger partial charge in [-0.05, 0) is 27.6 Å². The van der Waals surface area contributed by atoms with E-state index in [4.69, 9.17) is 0 Å². The third-order valence-corrected chi connectivity index (χ3v) is 3.40. The highest BCUT2D eigenvalue weighted by Gasteiger charge is 2.13. The van der Waals surface area contributed by atoms with Crippen LogP contribution >= 0.6 is 0 Å². The molecule has 0 saturated carbocycles. The average Bonchev–Trinajstić information content (AvgIpc) is 2.45. The summed E-state index contributed by atoms with van der Waals surface area (Å²) >= 11 is 0. The molecule has 0 unspecified atom stereocenters. The van der Waals surface area contributed by atoms with Gasteiger partial charge in [0.25, 0.3) is 5.91 Å². The summed E-state index contributed by atoms with van der Waals surface area (Å²) in [4.78, 5) is 13.9. The topological polar surface area (TPSA) is 20.3 Å². The van der Waals surface area contributed by atoms with Gasteiger partial charge in [-0.2, -0.15) is 0 Å². The quantitative estimate of drug-likeness (QED) is 0.602. The Morgan fingerprint density at radius 1 is 0.842 bits per heavy atom. The molecule has 3 aromatic rings. The van der Waals surface area contributed by atoms with E-state index < -0.39 is 0 Å². The molecular weight excluding hydrogens is 234 g/mol. The highest BCUT2D eigenvalue weighted by atomic mass is 16.2. The van der Waals surface area contributed by atoms with Gasteiger partial charge in [-0.3, -0.25) is 4.79 Å². The Morgan fingerprint density at radius 3 is 2.11 bits per heavy atom. The lowest BCUT2D eigenvalue weighted by Crippen LogP contribution is -2.21. The van der Waals surface area contributed by atoms with Gasteiger partial charge in [0, 0.05) is 19.7 Å². The van der Waals surface area contributed by atoms with Crippen LogP contribution < -0.4 is 0 Å². The van der Waals surface area contributed by atoms with Crippen molar-refractivity contribution in [2.24, 2.45) is 0 Å². The lowest BCUT2D eigenvalue weighted by Gasteiger charge is -2.14. The molecule has 19 heavy (non-hydrogen) atoms. The molecule has 94 valence electrons. The van der Waals surface area contributed by atoms with Crippen LogP contribution in [0.3, 0.4) is 0 Å². The zero-order chi connectivity index (χ0) is 13.4. The van der Waals surface area contributed by atoms with Crippen LogP contribution in [0.15, 0.2) is 54.6 Å². The number of carbonyl (C=O) groups is 1. The van der Waals surface area contributed by atoms with Crippen molar-refractivity contribution in [2.45, 2.75) is 0 Å². The fourth-order valence-corrected chi connectivity index (χ4v) is 2.47. The monoisotopic (exact) mass is 249 g/mol. The van der Waals surface area contributed by atoms with Crippen LogP contribution in [0.5, 0.6) is 0 Å². The number of fused-ring (bicyclic) bond motifs is 3. The van der Waals surface area contributed by atoms with Crippen molar-refractivity contribution >= 4 is 27.5 Å². The predicted octanol–water partition coefficient (Wildman–Crippen LogP) is 3.69. The Balaban J connectivity index is 2.46. The van der Waals surface area contributed by atoms with Crippen molar-refractivity contribution in [2.75, 3.05) is 14.1 Å². The van der Waals surface area contributed by atoms with Crippen molar-refractivity contribution in [1.82, 2.24) is 4.90 Å². The SMILES string of the molecule is CN(C)C(=O)c1cc2ccccc2c2ccccc12. The molecule has 0 bridgehead atoms. The normalized spacial score (nSPS) is 10.8. The van der Waals surface area contributed by atoms with Crippen LogP contribution in [-0.4, -0.2) is 24.9 Å². The van der Waals surface area contributed by atoms with Gasteiger partial charge in [0.15, 0.2) is 0 Å². The fraction of sp³-hybridized carbons (Fsp3) is 0.118. The summed E-state index contributed by atoms with van der Waals surface area (Å²) in [6, 6.07) is 18.2. The smallest absolute Gasteiger partial charge is 0.253 e. The van der Waals surface area contributed by atoms with Gasteiger partial charge in [-0.1, -0.05) is 48.5 Å². The van der Waals surface area contributed by atoms with Crippen molar-refractivity contribution in [3.8, 4) is 0 Å². The molecule has 0 saturated heterocycles. The lowest BCUT2D eigenvalue weighted by atomic mass is 9.97. The minimum atomic E-state index is 0.0435. The third-order valence-electron chi connectivity index (χ3n) is 3.40. The standard InChI is InChI=1S/C17H15NO/c1-18(2)17(19)16-11-12-7-3-4-8-13(12)14-9-5-6-10-15(14)16/h3-11H,1-2H3. The van der Waals surface area contributed by atoms with Gasteiger partial charge in [0.2, 0.25) is 0 Å². The zero-order valence-corrected chi connectivity index (χ0v) is 11.1. The molecule has 0 aliphatic carbocycles. The summed E-state index contributed by atoms with van der Waals surface area (Å²) in [7, 11) is 3.57. The summed E-state index contributed by atoms with van der Waals surface area (Å²) in [5.74, 6) is 0.0435. The van der Waals surface area contributed by atoms with Crippen molar-refractivity contribution in [3.63, 3.8) is 0 Å². The van der Waals surface area contributed by atoms with E-state index >= 15 is 0 Å². The van der Waals surface area contributed by atoms with Crippen LogP contribution in [0.1, 0.15) is 10.4 Å². The Morgan fingerprint density at radius 2 is 1.42 bits per heavy atom. The van der Waals surface area contributed by atoms with Gasteiger partial charge in [0.1, 0.15) is 0 Å². The molecule has 0 spiro atoms. The maximum atomic E-state index is 12.3. The molecule has 0 fully saturated rings. The Bertz CT molecular complexity index is 774. The second-order valence-electron chi connectivity index (χ2n) is 4.89. The van der Waals surface area contributed by atoms with Gasteiger partial charge >= 0.3 is 0 Å². The first kappa shape index (κ1) is 11.7. The van der Waals surface area contributed by atoms with Crippen LogP contribution in [0.25, 0.3) is 21.5 Å². The largest absolute Gasteiger partial charge is 0.345 e. The summed E-state index contributed by atoms with van der Waals surface area (Å²) in [6.07, 6.45) is 0. The maximum absolute atomic E-state index is 12.3. The number of nitrogens with zero attached hydrogens (tertiary/aromatic N) is 1. The average molecular weight is 249 g/mol. The van der Waals surface area contributed by atoms with Crippen LogP contribution in [0, 0.1) is 0 Å². The summed E-state index contributed by atoms with van der Waals surface area (Å²) in [6.45, 7) is 0. The van der Waals surface area contributed by atoms with Gasteiger partial charge in [0.05, 0.1) is 0 Å². The molecule has 2 nitrogen and oxygen atoms in total. The van der Waals surface area contributed by atoms with Crippen LogP contribution in [0.4, 0.5) is 0 Å². The maximum Gasteiger partial charge on any atom is 0.253 e. The van der Waals surface area contributed by atoms with Crippen LogP contribution in [-0.2, 0) is 0 Å². The van der Waals surface area contributed by atoms with Gasteiger partial charge < -0.3 is 4.90 Å². The molecule has 0 heterocycles. The first-order valence-corrected chi connectivity index (χ1v) is 6.30. The minimum Gasteiger partial charge on any atom is -0.345 e. The number of amides is 1. The van der Waals surface area contributed by atoms with E-state index in [-0.39, 0.29) is 5.91 Å². The Kier molecular flexibility index (Phi) is 2.71. The highest BCUT2D eigenvalue weighted by molar-refractivity contribution is 6.16. The van der Waals surface area contributed by atoms with Gasteiger partial charge in [-0.15, -0.1) is 0 Å². The lowest BCUT2D eigenvalue weighted by molar-refractivity contribution is 0.0829. The molecule has 2 heteroatoms. The first-order valence-electron chi connectivity index (χ1n) is 6.30. The van der Waals surface area contributed by atoms with Gasteiger partial charge in [-0.25, -0.2) is 0 Å². The highest BCUT2D eigenvalue weighted by Crippen LogP contribution is 2.29. The number of carbonyl (C=O) groups excluding carboxylic acids is 1. The second-order valence-corrected chi connectivity index (χ2v) is 4.89. The fourth-order valence-electron chi connectivity index (χ4n) is 2.47. The minimum absolute atomic E-state index is 0.0435. The third kappa shape index (κ3) is 1.85. The van der Waals surface area contributed by atoms with E-state index in [0.29, 0.717) is 0 Å². The van der Waals surface area contributed by atoms with E-state index in [0.717, 1.165) is 21.7 Å². The molecule has 0 aliphatic rings. The predicted molar refractivity (Wildman–Crippen MR) is 79.5 cm³/mol. The summed E-state index contributed by atoms with van der Waals surface area (Å²) in [5, 5.41) is 4.44.